The van der Waals surface area contributed by atoms with Crippen molar-refractivity contribution in [2.75, 3.05) is 6.54 Å². The highest BCUT2D eigenvalue weighted by molar-refractivity contribution is 6.05. The van der Waals surface area contributed by atoms with Crippen molar-refractivity contribution in [2.45, 2.75) is 12.8 Å². The Labute approximate surface area is 121 Å². The predicted molar refractivity (Wildman–Crippen MR) is 75.2 cm³/mol. The Morgan fingerprint density at radius 1 is 1.24 bits per heavy atom. The molecule has 110 valence electrons. The predicted octanol–water partition coefficient (Wildman–Crippen LogP) is -0.626. The second-order valence-corrected chi connectivity index (χ2v) is 5.00. The number of hydrogen-bond acceptors (Lipinski definition) is 4. The maximum Gasteiger partial charge on any atom is 0.237 e. The van der Waals surface area contributed by atoms with Gasteiger partial charge in [-0.05, 0) is 12.0 Å². The monoisotopic (exact) mass is 288 g/mol. The zero-order chi connectivity index (χ0) is 15.6. The fourth-order valence-corrected chi connectivity index (χ4v) is 2.34. The maximum atomic E-state index is 12.1. The summed E-state index contributed by atoms with van der Waals surface area (Å²) in [5.74, 6) is -1.94. The molecular weight excluding hydrogens is 272 g/mol. The fraction of sp³-hybridized carbons (Fsp3) is 0.286. The number of nitrogen functional groups attached to an aromatic ring is 1. The van der Waals surface area contributed by atoms with Crippen LogP contribution < -0.4 is 11.5 Å². The van der Waals surface area contributed by atoms with E-state index in [1.165, 1.54) is 0 Å². The topological polar surface area (TPSA) is 130 Å². The molecule has 1 fully saturated rings. The first-order valence-corrected chi connectivity index (χ1v) is 6.44. The summed E-state index contributed by atoms with van der Waals surface area (Å²) in [4.78, 5) is 35.6. The number of amides is 3. The molecular formula is C14H16N4O3. The molecule has 0 bridgehead atoms. The standard InChI is InChI=1S/C14H16N4O3/c15-11(19)7-18-12(20)6-10(14(18)21)5-8-1-3-9(4-2-8)13(16)17/h1-4,10H,5-7H2,(H2,15,19)(H3,16,17). The minimum absolute atomic E-state index is 0.0266. The van der Waals surface area contributed by atoms with Gasteiger partial charge in [-0.2, -0.15) is 0 Å². The summed E-state index contributed by atoms with van der Waals surface area (Å²) < 4.78 is 0. The lowest BCUT2D eigenvalue weighted by Crippen LogP contribution is -2.38. The number of primary amides is 1. The smallest absolute Gasteiger partial charge is 0.237 e. The molecule has 21 heavy (non-hydrogen) atoms. The molecule has 3 amide bonds. The van der Waals surface area contributed by atoms with Crippen molar-refractivity contribution in [1.29, 1.82) is 5.41 Å². The van der Waals surface area contributed by atoms with Gasteiger partial charge in [0.25, 0.3) is 0 Å². The Kier molecular flexibility index (Phi) is 4.02. The van der Waals surface area contributed by atoms with E-state index in [9.17, 15) is 14.4 Å². The van der Waals surface area contributed by atoms with Crippen LogP contribution in [0.15, 0.2) is 24.3 Å². The molecule has 0 aromatic heterocycles. The summed E-state index contributed by atoms with van der Waals surface area (Å²) in [7, 11) is 0. The van der Waals surface area contributed by atoms with Crippen LogP contribution in [0.25, 0.3) is 0 Å². The number of rotatable bonds is 5. The zero-order valence-electron chi connectivity index (χ0n) is 11.3. The van der Waals surface area contributed by atoms with Gasteiger partial charge in [-0.1, -0.05) is 24.3 Å². The van der Waals surface area contributed by atoms with Gasteiger partial charge in [0.15, 0.2) is 0 Å². The second kappa shape index (κ2) is 5.74. The minimum atomic E-state index is -0.705. The Balaban J connectivity index is 2.06. The van der Waals surface area contributed by atoms with Gasteiger partial charge in [0.1, 0.15) is 12.4 Å². The molecule has 1 aromatic carbocycles. The van der Waals surface area contributed by atoms with Gasteiger partial charge in [0, 0.05) is 12.0 Å². The van der Waals surface area contributed by atoms with E-state index in [4.69, 9.17) is 16.9 Å². The minimum Gasteiger partial charge on any atom is -0.384 e. The quantitative estimate of drug-likeness (QED) is 0.378. The van der Waals surface area contributed by atoms with Crippen LogP contribution in [0.2, 0.25) is 0 Å². The van der Waals surface area contributed by atoms with Crippen molar-refractivity contribution in [3.05, 3.63) is 35.4 Å². The van der Waals surface area contributed by atoms with Crippen LogP contribution in [-0.4, -0.2) is 35.0 Å². The number of carbonyl (C=O) groups excluding carboxylic acids is 3. The second-order valence-electron chi connectivity index (χ2n) is 5.00. The van der Waals surface area contributed by atoms with Crippen LogP contribution in [0.1, 0.15) is 17.5 Å². The van der Waals surface area contributed by atoms with E-state index < -0.39 is 11.8 Å². The average molecular weight is 288 g/mol. The van der Waals surface area contributed by atoms with Crippen molar-refractivity contribution in [3.8, 4) is 0 Å². The molecule has 5 N–H and O–H groups in total. The van der Waals surface area contributed by atoms with E-state index >= 15 is 0 Å². The van der Waals surface area contributed by atoms with Crippen LogP contribution in [0.4, 0.5) is 0 Å². The third-order valence-corrected chi connectivity index (χ3v) is 3.40. The molecule has 0 aliphatic carbocycles. The van der Waals surface area contributed by atoms with Crippen molar-refractivity contribution in [2.24, 2.45) is 17.4 Å². The molecule has 1 aromatic rings. The van der Waals surface area contributed by atoms with Crippen molar-refractivity contribution in [3.63, 3.8) is 0 Å². The summed E-state index contributed by atoms with van der Waals surface area (Å²) in [6.07, 6.45) is 0.485. The Morgan fingerprint density at radius 2 is 1.86 bits per heavy atom. The third kappa shape index (κ3) is 3.25. The Bertz CT molecular complexity index is 609. The Morgan fingerprint density at radius 3 is 2.38 bits per heavy atom. The fourth-order valence-electron chi connectivity index (χ4n) is 2.34. The summed E-state index contributed by atoms with van der Waals surface area (Å²) in [6.45, 7) is -0.364. The maximum absolute atomic E-state index is 12.1. The van der Waals surface area contributed by atoms with Gasteiger partial charge in [-0.15, -0.1) is 0 Å². The first-order valence-electron chi connectivity index (χ1n) is 6.44. The van der Waals surface area contributed by atoms with E-state index in [0.29, 0.717) is 12.0 Å². The molecule has 1 aliphatic heterocycles. The van der Waals surface area contributed by atoms with E-state index in [1.807, 2.05) is 0 Å². The molecule has 1 saturated heterocycles. The summed E-state index contributed by atoms with van der Waals surface area (Å²) in [6, 6.07) is 6.93. The molecule has 1 aliphatic rings. The number of amidine groups is 1. The largest absolute Gasteiger partial charge is 0.384 e. The summed E-state index contributed by atoms with van der Waals surface area (Å²) in [5.41, 5.74) is 11.9. The number of nitrogens with one attached hydrogen (secondary N) is 1. The molecule has 0 saturated carbocycles. The number of likely N-dealkylation sites (tertiary alicyclic amines) is 1. The van der Waals surface area contributed by atoms with Crippen LogP contribution in [0, 0.1) is 11.3 Å². The van der Waals surface area contributed by atoms with Crippen LogP contribution >= 0.6 is 0 Å². The lowest BCUT2D eigenvalue weighted by molar-refractivity contribution is -0.142. The molecule has 0 radical (unpaired) electrons. The number of imide groups is 1. The van der Waals surface area contributed by atoms with Gasteiger partial charge < -0.3 is 11.5 Å². The SMILES string of the molecule is N=C(N)c1ccc(CC2CC(=O)N(CC(N)=O)C2=O)cc1. The number of nitrogens with two attached hydrogens (primary N) is 2. The lowest BCUT2D eigenvalue weighted by atomic mass is 9.97. The number of benzene rings is 1. The van der Waals surface area contributed by atoms with Crippen molar-refractivity contribution in [1.82, 2.24) is 4.90 Å². The van der Waals surface area contributed by atoms with Gasteiger partial charge >= 0.3 is 0 Å². The van der Waals surface area contributed by atoms with Gasteiger partial charge in [0.2, 0.25) is 17.7 Å². The van der Waals surface area contributed by atoms with Gasteiger partial charge in [0.05, 0.1) is 5.92 Å². The van der Waals surface area contributed by atoms with Gasteiger partial charge in [-0.3, -0.25) is 24.7 Å². The van der Waals surface area contributed by atoms with Crippen LogP contribution in [-0.2, 0) is 20.8 Å². The molecule has 1 unspecified atom stereocenters. The number of carbonyl (C=O) groups is 3. The van der Waals surface area contributed by atoms with E-state index in [-0.39, 0.29) is 30.6 Å². The third-order valence-electron chi connectivity index (χ3n) is 3.40. The first kappa shape index (κ1) is 14.7. The first-order chi connectivity index (χ1) is 9.88. The lowest BCUT2D eigenvalue weighted by Gasteiger charge is -2.12. The highest BCUT2D eigenvalue weighted by Gasteiger charge is 2.38. The van der Waals surface area contributed by atoms with E-state index in [0.717, 1.165) is 10.5 Å². The van der Waals surface area contributed by atoms with Crippen molar-refractivity contribution < 1.29 is 14.4 Å². The van der Waals surface area contributed by atoms with Gasteiger partial charge in [-0.25, -0.2) is 0 Å². The highest BCUT2D eigenvalue weighted by Crippen LogP contribution is 2.23. The number of hydrogen-bond donors (Lipinski definition) is 3. The van der Waals surface area contributed by atoms with Crippen LogP contribution in [0.5, 0.6) is 0 Å². The zero-order valence-corrected chi connectivity index (χ0v) is 11.3. The Hall–Kier alpha value is -2.70. The summed E-state index contributed by atoms with van der Waals surface area (Å²) >= 11 is 0. The molecule has 0 spiro atoms. The number of nitrogens with zero attached hydrogens (tertiary/aromatic N) is 1. The average Bonchev–Trinajstić information content (AvgIpc) is 2.67. The van der Waals surface area contributed by atoms with E-state index in [2.05, 4.69) is 0 Å². The molecule has 7 heteroatoms. The molecule has 7 nitrogen and oxygen atoms in total. The highest BCUT2D eigenvalue weighted by atomic mass is 16.2. The molecule has 1 atom stereocenters. The molecule has 1 heterocycles. The van der Waals surface area contributed by atoms with Crippen LogP contribution in [0.3, 0.4) is 0 Å². The van der Waals surface area contributed by atoms with E-state index in [1.54, 1.807) is 24.3 Å². The normalized spacial score (nSPS) is 18.1. The molecule has 2 rings (SSSR count). The van der Waals surface area contributed by atoms with Crippen molar-refractivity contribution >= 4 is 23.6 Å². The summed E-state index contributed by atoms with van der Waals surface area (Å²) in [5, 5.41) is 7.31.